The van der Waals surface area contributed by atoms with E-state index in [0.717, 1.165) is 59.4 Å². The Morgan fingerprint density at radius 2 is 1.83 bits per heavy atom. The van der Waals surface area contributed by atoms with Crippen LogP contribution in [0.4, 0.5) is 0 Å². The van der Waals surface area contributed by atoms with Gasteiger partial charge in [0, 0.05) is 24.6 Å². The van der Waals surface area contributed by atoms with Gasteiger partial charge in [-0.1, -0.05) is 18.2 Å². The minimum atomic E-state index is 0.294. The third-order valence-corrected chi connectivity index (χ3v) is 6.20. The number of rotatable bonds is 4. The molecule has 1 atom stereocenters. The molecule has 2 aliphatic heterocycles. The van der Waals surface area contributed by atoms with Gasteiger partial charge in [-0.15, -0.1) is 0 Å². The summed E-state index contributed by atoms with van der Waals surface area (Å²) in [5, 5.41) is 12.8. The van der Waals surface area contributed by atoms with Crippen LogP contribution >= 0.6 is 0 Å². The molecule has 1 fully saturated rings. The second-order valence-electron chi connectivity index (χ2n) is 8.04. The molecule has 3 aromatic rings. The van der Waals surface area contributed by atoms with Gasteiger partial charge in [-0.3, -0.25) is 4.90 Å². The minimum Gasteiger partial charge on any atom is -0.508 e. The third kappa shape index (κ3) is 3.54. The summed E-state index contributed by atoms with van der Waals surface area (Å²) in [6.07, 6.45) is 3.13. The van der Waals surface area contributed by atoms with Gasteiger partial charge in [0.2, 0.25) is 0 Å². The topological polar surface area (TPSA) is 51.2 Å². The second-order valence-corrected chi connectivity index (χ2v) is 8.04. The normalized spacial score (nSPS) is 19.0. The van der Waals surface area contributed by atoms with Crippen LogP contribution in [0.2, 0.25) is 0 Å². The summed E-state index contributed by atoms with van der Waals surface area (Å²) in [5.41, 5.74) is 2.20. The lowest BCUT2D eigenvalue weighted by Gasteiger charge is -2.26. The number of hydrogen-bond donors (Lipinski definition) is 1. The summed E-state index contributed by atoms with van der Waals surface area (Å²) in [4.78, 5) is 2.45. The van der Waals surface area contributed by atoms with Crippen LogP contribution in [-0.2, 0) is 6.54 Å². The molecule has 0 saturated carbocycles. The summed E-state index contributed by atoms with van der Waals surface area (Å²) in [6, 6.07) is 16.4. The Hall–Kier alpha value is -2.92. The maximum absolute atomic E-state index is 10.7. The highest BCUT2D eigenvalue weighted by Crippen LogP contribution is 2.40. The molecule has 0 aromatic heterocycles. The first-order valence-corrected chi connectivity index (χ1v) is 10.6. The number of phenolic OH excluding ortho intramolecular Hbond substituents is 1. The van der Waals surface area contributed by atoms with Crippen LogP contribution < -0.4 is 14.2 Å². The molecule has 5 nitrogen and oxygen atoms in total. The number of nitrogens with zero attached hydrogens (tertiary/aromatic N) is 1. The SMILES string of the molecule is COc1ccc2ccc(O)c(CN3CCC[C@@H]3c3ccc4c(c3)OCCCO4)c2c1. The Kier molecular flexibility index (Phi) is 5.13. The summed E-state index contributed by atoms with van der Waals surface area (Å²) in [6.45, 7) is 3.08. The molecule has 0 bridgehead atoms. The standard InChI is InChI=1S/C25H27NO4/c1-28-19-8-5-17-6-9-23(27)21(20(17)15-19)16-26-11-2-4-22(26)18-7-10-24-25(14-18)30-13-3-12-29-24/h5-10,14-15,22,27H,2-4,11-13,16H2,1H3/t22-/m1/s1. The maximum Gasteiger partial charge on any atom is 0.161 e. The lowest BCUT2D eigenvalue weighted by Crippen LogP contribution is -2.23. The van der Waals surface area contributed by atoms with Crippen molar-refractivity contribution >= 4 is 10.8 Å². The third-order valence-electron chi connectivity index (χ3n) is 6.20. The summed E-state index contributed by atoms with van der Waals surface area (Å²) in [7, 11) is 1.67. The number of likely N-dealkylation sites (tertiary alicyclic amines) is 1. The zero-order valence-corrected chi connectivity index (χ0v) is 17.3. The van der Waals surface area contributed by atoms with E-state index in [2.05, 4.69) is 17.0 Å². The Labute approximate surface area is 176 Å². The Bertz CT molecular complexity index is 1060. The maximum atomic E-state index is 10.7. The fourth-order valence-electron chi connectivity index (χ4n) is 4.63. The Balaban J connectivity index is 1.47. The van der Waals surface area contributed by atoms with Crippen LogP contribution in [0.1, 0.15) is 36.4 Å². The molecule has 30 heavy (non-hydrogen) atoms. The molecular formula is C25H27NO4. The molecule has 5 heteroatoms. The van der Waals surface area contributed by atoms with Gasteiger partial charge in [0.05, 0.1) is 20.3 Å². The highest BCUT2D eigenvalue weighted by molar-refractivity contribution is 5.89. The smallest absolute Gasteiger partial charge is 0.161 e. The van der Waals surface area contributed by atoms with E-state index in [1.54, 1.807) is 13.2 Å². The molecule has 0 amide bonds. The number of methoxy groups -OCH3 is 1. The number of fused-ring (bicyclic) bond motifs is 2. The number of benzene rings is 3. The van der Waals surface area contributed by atoms with Crippen molar-refractivity contribution in [3.8, 4) is 23.0 Å². The first kappa shape index (κ1) is 19.1. The largest absolute Gasteiger partial charge is 0.508 e. The van der Waals surface area contributed by atoms with Gasteiger partial charge in [0.15, 0.2) is 11.5 Å². The summed E-state index contributed by atoms with van der Waals surface area (Å²) in [5.74, 6) is 2.81. The van der Waals surface area contributed by atoms with Crippen molar-refractivity contribution in [2.75, 3.05) is 26.9 Å². The van der Waals surface area contributed by atoms with E-state index in [4.69, 9.17) is 14.2 Å². The van der Waals surface area contributed by atoms with Crippen molar-refractivity contribution in [3.63, 3.8) is 0 Å². The van der Waals surface area contributed by atoms with Gasteiger partial charge in [0.25, 0.3) is 0 Å². The fraction of sp³-hybridized carbons (Fsp3) is 0.360. The minimum absolute atomic E-state index is 0.294. The van der Waals surface area contributed by atoms with Crippen LogP contribution in [0, 0.1) is 0 Å². The zero-order valence-electron chi connectivity index (χ0n) is 17.3. The molecular weight excluding hydrogens is 378 g/mol. The van der Waals surface area contributed by atoms with E-state index in [9.17, 15) is 5.11 Å². The molecule has 0 spiro atoms. The Morgan fingerprint density at radius 3 is 2.70 bits per heavy atom. The average Bonchev–Trinajstić information content (AvgIpc) is 3.11. The van der Waals surface area contributed by atoms with Gasteiger partial charge >= 0.3 is 0 Å². The van der Waals surface area contributed by atoms with E-state index in [1.165, 1.54) is 5.56 Å². The highest BCUT2D eigenvalue weighted by atomic mass is 16.5. The number of phenols is 1. The number of hydrogen-bond acceptors (Lipinski definition) is 5. The van der Waals surface area contributed by atoms with Gasteiger partial charge in [-0.25, -0.2) is 0 Å². The lowest BCUT2D eigenvalue weighted by atomic mass is 10.0. The van der Waals surface area contributed by atoms with E-state index >= 15 is 0 Å². The first-order valence-electron chi connectivity index (χ1n) is 10.6. The molecule has 2 aliphatic rings. The molecule has 3 aromatic carbocycles. The van der Waals surface area contributed by atoms with Crippen molar-refractivity contribution < 1.29 is 19.3 Å². The summed E-state index contributed by atoms with van der Waals surface area (Å²) < 4.78 is 17.1. The van der Waals surface area contributed by atoms with E-state index in [1.807, 2.05) is 30.3 Å². The molecule has 0 radical (unpaired) electrons. The van der Waals surface area contributed by atoms with E-state index in [0.29, 0.717) is 31.5 Å². The molecule has 1 saturated heterocycles. The van der Waals surface area contributed by atoms with Crippen LogP contribution in [0.25, 0.3) is 10.8 Å². The first-order chi connectivity index (χ1) is 14.7. The fourth-order valence-corrected chi connectivity index (χ4v) is 4.63. The molecule has 5 rings (SSSR count). The van der Waals surface area contributed by atoms with Gasteiger partial charge in [-0.2, -0.15) is 0 Å². The predicted molar refractivity (Wildman–Crippen MR) is 117 cm³/mol. The van der Waals surface area contributed by atoms with E-state index in [-0.39, 0.29) is 0 Å². The quantitative estimate of drug-likeness (QED) is 0.658. The zero-order chi connectivity index (χ0) is 20.5. The van der Waals surface area contributed by atoms with Crippen LogP contribution in [-0.4, -0.2) is 36.9 Å². The van der Waals surface area contributed by atoms with Crippen molar-refractivity contribution in [3.05, 3.63) is 59.7 Å². The van der Waals surface area contributed by atoms with Gasteiger partial charge in [0.1, 0.15) is 11.5 Å². The van der Waals surface area contributed by atoms with Crippen molar-refractivity contribution in [1.82, 2.24) is 4.90 Å². The highest BCUT2D eigenvalue weighted by Gasteiger charge is 2.28. The van der Waals surface area contributed by atoms with Gasteiger partial charge in [-0.05, 0) is 66.1 Å². The van der Waals surface area contributed by atoms with Crippen LogP contribution in [0.3, 0.4) is 0 Å². The Morgan fingerprint density at radius 1 is 1.00 bits per heavy atom. The van der Waals surface area contributed by atoms with Crippen molar-refractivity contribution in [2.24, 2.45) is 0 Å². The molecule has 2 heterocycles. The number of aromatic hydroxyl groups is 1. The van der Waals surface area contributed by atoms with Crippen LogP contribution in [0.5, 0.6) is 23.0 Å². The molecule has 0 aliphatic carbocycles. The van der Waals surface area contributed by atoms with E-state index < -0.39 is 0 Å². The molecule has 1 N–H and O–H groups in total. The summed E-state index contributed by atoms with van der Waals surface area (Å²) >= 11 is 0. The molecule has 156 valence electrons. The van der Waals surface area contributed by atoms with Crippen molar-refractivity contribution in [2.45, 2.75) is 31.8 Å². The monoisotopic (exact) mass is 405 g/mol. The number of ether oxygens (including phenoxy) is 3. The van der Waals surface area contributed by atoms with Crippen LogP contribution in [0.15, 0.2) is 48.5 Å². The van der Waals surface area contributed by atoms with Gasteiger partial charge < -0.3 is 19.3 Å². The molecule has 0 unspecified atom stereocenters. The van der Waals surface area contributed by atoms with Crippen molar-refractivity contribution in [1.29, 1.82) is 0 Å². The predicted octanol–water partition coefficient (Wildman–Crippen LogP) is 5.05. The second kappa shape index (κ2) is 8.07. The lowest BCUT2D eigenvalue weighted by molar-refractivity contribution is 0.245. The average molecular weight is 405 g/mol.